The minimum atomic E-state index is -4.03. The lowest BCUT2D eigenvalue weighted by molar-refractivity contribution is 0.0601. The molecule has 3 aromatic rings. The number of esters is 1. The third kappa shape index (κ3) is 4.97. The standard InChI is InChI=1S/C24H19Cl3N2O6S/c1-34-22-8-13(23(30)28-16-3-4-18(20(27)12-16)24(31)35-2)7-21-19(22)5-6-29(21)36(32,33)17-10-14(25)9-15(26)11-17/h3-4,7-12H,5-6H2,1-2H3,(H,28,30). The maximum atomic E-state index is 13.4. The van der Waals surface area contributed by atoms with Crippen molar-refractivity contribution in [3.05, 3.63) is 80.3 Å². The first kappa shape index (κ1) is 26.1. The summed E-state index contributed by atoms with van der Waals surface area (Å²) < 4.78 is 38.2. The van der Waals surface area contributed by atoms with E-state index in [2.05, 4.69) is 10.1 Å². The van der Waals surface area contributed by atoms with Crippen LogP contribution in [-0.2, 0) is 21.2 Å². The molecule has 0 aliphatic carbocycles. The van der Waals surface area contributed by atoms with Gasteiger partial charge in [-0.1, -0.05) is 34.8 Å². The van der Waals surface area contributed by atoms with E-state index in [-0.39, 0.29) is 37.6 Å². The Bertz CT molecular complexity index is 1470. The van der Waals surface area contributed by atoms with Gasteiger partial charge >= 0.3 is 5.97 Å². The summed E-state index contributed by atoms with van der Waals surface area (Å²) in [5, 5.41) is 3.16. The van der Waals surface area contributed by atoms with E-state index in [4.69, 9.17) is 39.5 Å². The van der Waals surface area contributed by atoms with Crippen molar-refractivity contribution >= 4 is 68.1 Å². The number of rotatable bonds is 6. The van der Waals surface area contributed by atoms with E-state index in [1.165, 1.54) is 67.1 Å². The number of carbonyl (C=O) groups excluding carboxylic acids is 2. The molecular formula is C24H19Cl3N2O6S. The molecule has 0 unspecified atom stereocenters. The third-order valence-corrected chi connectivity index (χ3v) is 8.10. The zero-order valence-corrected chi connectivity index (χ0v) is 22.1. The number of carbonyl (C=O) groups is 2. The van der Waals surface area contributed by atoms with Crippen LogP contribution in [0.25, 0.3) is 0 Å². The number of benzene rings is 3. The Morgan fingerprint density at radius 2 is 1.67 bits per heavy atom. The molecule has 0 fully saturated rings. The molecule has 0 bridgehead atoms. The second-order valence-corrected chi connectivity index (χ2v) is 10.9. The quantitative estimate of drug-likeness (QED) is 0.396. The summed E-state index contributed by atoms with van der Waals surface area (Å²) in [6, 6.07) is 11.4. The summed E-state index contributed by atoms with van der Waals surface area (Å²) in [6.07, 6.45) is 0.387. The van der Waals surface area contributed by atoms with Gasteiger partial charge in [0, 0.05) is 33.4 Å². The highest BCUT2D eigenvalue weighted by Gasteiger charge is 2.34. The van der Waals surface area contributed by atoms with Crippen LogP contribution in [0.4, 0.5) is 11.4 Å². The Morgan fingerprint density at radius 1 is 0.972 bits per heavy atom. The number of hydrogen-bond acceptors (Lipinski definition) is 6. The molecule has 1 aliphatic rings. The Kier molecular flexibility index (Phi) is 7.38. The minimum Gasteiger partial charge on any atom is -0.496 e. The van der Waals surface area contributed by atoms with Crippen molar-refractivity contribution in [1.82, 2.24) is 0 Å². The van der Waals surface area contributed by atoms with Crippen LogP contribution in [-0.4, -0.2) is 41.1 Å². The molecular weight excluding hydrogens is 551 g/mol. The van der Waals surface area contributed by atoms with Gasteiger partial charge in [-0.25, -0.2) is 13.2 Å². The molecule has 1 amide bonds. The van der Waals surface area contributed by atoms with Gasteiger partial charge < -0.3 is 14.8 Å². The Balaban J connectivity index is 1.69. The number of nitrogens with one attached hydrogen (secondary N) is 1. The predicted molar refractivity (Wildman–Crippen MR) is 138 cm³/mol. The maximum Gasteiger partial charge on any atom is 0.339 e. The molecule has 3 aromatic carbocycles. The lowest BCUT2D eigenvalue weighted by Gasteiger charge is -2.21. The van der Waals surface area contributed by atoms with Crippen LogP contribution >= 0.6 is 34.8 Å². The Morgan fingerprint density at radius 3 is 2.28 bits per heavy atom. The highest BCUT2D eigenvalue weighted by molar-refractivity contribution is 7.92. The summed E-state index contributed by atoms with van der Waals surface area (Å²) >= 11 is 18.2. The average molecular weight is 570 g/mol. The normalized spacial score (nSPS) is 12.8. The molecule has 0 saturated carbocycles. The molecule has 8 nitrogen and oxygen atoms in total. The largest absolute Gasteiger partial charge is 0.496 e. The molecule has 0 spiro atoms. The monoisotopic (exact) mass is 568 g/mol. The number of nitrogens with zero attached hydrogens (tertiary/aromatic N) is 1. The van der Waals surface area contributed by atoms with Crippen molar-refractivity contribution in [3.8, 4) is 5.75 Å². The number of fused-ring (bicyclic) bond motifs is 1. The predicted octanol–water partition coefficient (Wildman–Crippen LogP) is 5.45. The number of ether oxygens (including phenoxy) is 2. The van der Waals surface area contributed by atoms with E-state index >= 15 is 0 Å². The van der Waals surface area contributed by atoms with Crippen LogP contribution in [0, 0.1) is 0 Å². The van der Waals surface area contributed by atoms with Gasteiger partial charge in [-0.2, -0.15) is 0 Å². The number of hydrogen-bond donors (Lipinski definition) is 1. The summed E-state index contributed by atoms with van der Waals surface area (Å²) in [5.41, 5.74) is 1.60. The van der Waals surface area contributed by atoms with E-state index in [1.807, 2.05) is 0 Å². The van der Waals surface area contributed by atoms with Gasteiger partial charge in [-0.3, -0.25) is 9.10 Å². The molecule has 0 radical (unpaired) electrons. The molecule has 1 aliphatic heterocycles. The molecule has 188 valence electrons. The fourth-order valence-corrected chi connectivity index (χ4v) is 6.35. The summed E-state index contributed by atoms with van der Waals surface area (Å²) in [5.74, 6) is -0.768. The highest BCUT2D eigenvalue weighted by Crippen LogP contribution is 2.40. The Labute approximate surface area is 222 Å². The van der Waals surface area contributed by atoms with Gasteiger partial charge in [0.05, 0.1) is 35.4 Å². The zero-order chi connectivity index (χ0) is 26.2. The molecule has 1 N–H and O–H groups in total. The van der Waals surface area contributed by atoms with E-state index in [9.17, 15) is 18.0 Å². The van der Waals surface area contributed by atoms with E-state index in [0.29, 0.717) is 29.1 Å². The summed E-state index contributed by atoms with van der Waals surface area (Å²) in [7, 11) is -1.35. The number of methoxy groups -OCH3 is 2. The summed E-state index contributed by atoms with van der Waals surface area (Å²) in [6.45, 7) is 0.147. The van der Waals surface area contributed by atoms with Crippen LogP contribution in [0.15, 0.2) is 53.4 Å². The fraction of sp³-hybridized carbons (Fsp3) is 0.167. The van der Waals surface area contributed by atoms with Crippen molar-refractivity contribution in [2.45, 2.75) is 11.3 Å². The van der Waals surface area contributed by atoms with Crippen LogP contribution < -0.4 is 14.4 Å². The van der Waals surface area contributed by atoms with E-state index < -0.39 is 21.9 Å². The van der Waals surface area contributed by atoms with Crippen molar-refractivity contribution in [2.24, 2.45) is 0 Å². The smallest absolute Gasteiger partial charge is 0.339 e. The lowest BCUT2D eigenvalue weighted by atomic mass is 10.1. The Hall–Kier alpha value is -2.98. The molecule has 0 saturated heterocycles. The van der Waals surface area contributed by atoms with E-state index in [0.717, 1.165) is 0 Å². The third-order valence-electron chi connectivity index (χ3n) is 5.56. The second-order valence-electron chi connectivity index (χ2n) is 7.75. The van der Waals surface area contributed by atoms with Crippen LogP contribution in [0.1, 0.15) is 26.3 Å². The van der Waals surface area contributed by atoms with Gasteiger partial charge in [0.25, 0.3) is 15.9 Å². The average Bonchev–Trinajstić information content (AvgIpc) is 3.27. The number of amides is 1. The molecule has 36 heavy (non-hydrogen) atoms. The second kappa shape index (κ2) is 10.2. The minimum absolute atomic E-state index is 0.0676. The van der Waals surface area contributed by atoms with Gasteiger partial charge in [-0.15, -0.1) is 0 Å². The molecule has 4 rings (SSSR count). The first-order valence-corrected chi connectivity index (χ1v) is 13.0. The summed E-state index contributed by atoms with van der Waals surface area (Å²) in [4.78, 5) is 24.8. The first-order chi connectivity index (χ1) is 17.0. The zero-order valence-electron chi connectivity index (χ0n) is 19.0. The number of sulfonamides is 1. The first-order valence-electron chi connectivity index (χ1n) is 10.4. The lowest BCUT2D eigenvalue weighted by Crippen LogP contribution is -2.29. The molecule has 1 heterocycles. The van der Waals surface area contributed by atoms with Crippen LogP contribution in [0.5, 0.6) is 5.75 Å². The molecule has 0 atom stereocenters. The highest BCUT2D eigenvalue weighted by atomic mass is 35.5. The van der Waals surface area contributed by atoms with Gasteiger partial charge in [0.15, 0.2) is 0 Å². The van der Waals surface area contributed by atoms with Crippen molar-refractivity contribution in [3.63, 3.8) is 0 Å². The van der Waals surface area contributed by atoms with Crippen molar-refractivity contribution < 1.29 is 27.5 Å². The van der Waals surface area contributed by atoms with Crippen molar-refractivity contribution in [2.75, 3.05) is 30.4 Å². The SMILES string of the molecule is COC(=O)c1ccc(NC(=O)c2cc(OC)c3c(c2)N(S(=O)(=O)c2cc(Cl)cc(Cl)c2)CC3)cc1Cl. The molecule has 0 aromatic heterocycles. The van der Waals surface area contributed by atoms with Crippen LogP contribution in [0.2, 0.25) is 15.1 Å². The molecule has 12 heteroatoms. The number of anilines is 2. The maximum absolute atomic E-state index is 13.4. The fourth-order valence-electron chi connectivity index (χ4n) is 3.88. The van der Waals surface area contributed by atoms with Crippen molar-refractivity contribution in [1.29, 1.82) is 0 Å². The number of halogens is 3. The van der Waals surface area contributed by atoms with E-state index in [1.54, 1.807) is 0 Å². The van der Waals surface area contributed by atoms with Gasteiger partial charge in [0.1, 0.15) is 5.75 Å². The van der Waals surface area contributed by atoms with Gasteiger partial charge in [0.2, 0.25) is 0 Å². The van der Waals surface area contributed by atoms with Gasteiger partial charge in [-0.05, 0) is 55.0 Å². The van der Waals surface area contributed by atoms with Crippen LogP contribution in [0.3, 0.4) is 0 Å². The topological polar surface area (TPSA) is 102 Å².